The zero-order valence-corrected chi connectivity index (χ0v) is 26.5. The van der Waals surface area contributed by atoms with Gasteiger partial charge >= 0.3 is 6.03 Å². The Morgan fingerprint density at radius 2 is 1.82 bits per heavy atom. The molecule has 0 saturated carbocycles. The Bertz CT molecular complexity index is 1610. The van der Waals surface area contributed by atoms with Crippen LogP contribution in [-0.2, 0) is 22.6 Å². The van der Waals surface area contributed by atoms with Gasteiger partial charge in [-0.15, -0.1) is 17.8 Å². The minimum Gasteiger partial charge on any atom is -0.397 e. The number of benzene rings is 1. The number of fused-ring (bicyclic) bond motifs is 1. The van der Waals surface area contributed by atoms with Gasteiger partial charge in [0.05, 0.1) is 28.9 Å². The number of nitrogens with zero attached hydrogens (tertiary/aromatic N) is 5. The average molecular weight is 646 g/mol. The Hall–Kier alpha value is -4.27. The van der Waals surface area contributed by atoms with Crippen LogP contribution in [0.15, 0.2) is 48.1 Å². The molecule has 0 radical (unpaired) electrons. The number of hydrogen-bond donors (Lipinski definition) is 2. The predicted octanol–water partition coefficient (Wildman–Crippen LogP) is 4.30. The van der Waals surface area contributed by atoms with Crippen molar-refractivity contribution < 1.29 is 14.4 Å². The first kappa shape index (κ1) is 30.7. The maximum atomic E-state index is 14.0. The van der Waals surface area contributed by atoms with Gasteiger partial charge in [0, 0.05) is 80.3 Å². The van der Waals surface area contributed by atoms with Crippen molar-refractivity contribution in [1.29, 1.82) is 0 Å². The number of amides is 4. The largest absolute Gasteiger partial charge is 0.397 e. The van der Waals surface area contributed by atoms with E-state index in [2.05, 4.69) is 21.1 Å². The smallest absolute Gasteiger partial charge is 0.322 e. The molecule has 0 aliphatic carbocycles. The van der Waals surface area contributed by atoms with Crippen molar-refractivity contribution in [3.05, 3.63) is 69.1 Å². The number of nitrogen functional groups attached to an aromatic ring is 1. The lowest BCUT2D eigenvalue weighted by Crippen LogP contribution is -2.52. The van der Waals surface area contributed by atoms with Gasteiger partial charge < -0.3 is 30.7 Å². The van der Waals surface area contributed by atoms with Crippen molar-refractivity contribution in [2.75, 3.05) is 55.2 Å². The number of nitrogens with two attached hydrogens (primary N) is 1. The molecule has 12 heteroatoms. The number of hydrogen-bond acceptors (Lipinski definition) is 7. The first-order valence-corrected chi connectivity index (χ1v) is 16.5. The van der Waals surface area contributed by atoms with Crippen LogP contribution in [0.1, 0.15) is 35.3 Å². The number of urea groups is 1. The molecular weight excluding hydrogens is 610 g/mol. The first-order chi connectivity index (χ1) is 21.8. The van der Waals surface area contributed by atoms with E-state index in [1.54, 1.807) is 35.9 Å². The molecular formula is C33H36ClN7O3S. The standard InChI is InChI=1S/C33H36ClN7O3S/c1-2-23-17-22(19-27(34)31(23)35)18-24(32(43)40-14-12-38(13-15-40)25-3-8-36-9-4-25)20-30(42)39-10-5-26(6-11-39)41-21-29-28(7-16-45-29)37-33(41)44/h1,3-4,7-9,16-17,19,24,26H,5-6,10-15,18,20-21,35H2,(H,37,44)/t24-/m0/s1. The molecule has 0 spiro atoms. The summed E-state index contributed by atoms with van der Waals surface area (Å²) in [6.07, 6.45) is 11.0. The number of nitrogens with one attached hydrogen (secondary N) is 1. The number of thiophene rings is 1. The van der Waals surface area contributed by atoms with E-state index in [-0.39, 0.29) is 30.3 Å². The van der Waals surface area contributed by atoms with Gasteiger partial charge in [0.15, 0.2) is 0 Å². The van der Waals surface area contributed by atoms with Gasteiger partial charge in [0.25, 0.3) is 0 Å². The van der Waals surface area contributed by atoms with E-state index in [0.717, 1.165) is 21.8 Å². The quantitative estimate of drug-likeness (QED) is 0.293. The van der Waals surface area contributed by atoms with Crippen LogP contribution >= 0.6 is 22.9 Å². The highest BCUT2D eigenvalue weighted by molar-refractivity contribution is 7.10. The van der Waals surface area contributed by atoms with Crippen LogP contribution in [0.25, 0.3) is 0 Å². The van der Waals surface area contributed by atoms with E-state index < -0.39 is 5.92 Å². The minimum atomic E-state index is -0.585. The van der Waals surface area contributed by atoms with Crippen LogP contribution in [0.2, 0.25) is 5.02 Å². The van der Waals surface area contributed by atoms with E-state index >= 15 is 0 Å². The maximum absolute atomic E-state index is 14.0. The molecule has 234 valence electrons. The number of aromatic nitrogens is 1. The molecule has 2 fully saturated rings. The molecule has 2 aromatic heterocycles. The van der Waals surface area contributed by atoms with Gasteiger partial charge in [-0.2, -0.15) is 0 Å². The SMILES string of the molecule is C#Cc1cc(C[C@@H](CC(=O)N2CCC(N3Cc4sccc4NC3=O)CC2)C(=O)N2CCN(c3ccncc3)CC2)cc(Cl)c1N. The summed E-state index contributed by atoms with van der Waals surface area (Å²) in [6, 6.07) is 9.34. The second-order valence-electron chi connectivity index (χ2n) is 11.7. The number of anilines is 3. The molecule has 45 heavy (non-hydrogen) atoms. The molecule has 3 N–H and O–H groups in total. The Labute approximate surface area is 272 Å². The fourth-order valence-corrected chi connectivity index (χ4v) is 7.56. The van der Waals surface area contributed by atoms with Crippen LogP contribution in [0.3, 0.4) is 0 Å². The molecule has 2 saturated heterocycles. The number of pyridine rings is 1. The van der Waals surface area contributed by atoms with E-state index in [9.17, 15) is 14.4 Å². The predicted molar refractivity (Wildman–Crippen MR) is 177 cm³/mol. The molecule has 3 aromatic rings. The minimum absolute atomic E-state index is 0.0533. The summed E-state index contributed by atoms with van der Waals surface area (Å²) in [5.41, 5.74) is 9.59. The number of halogens is 1. The highest BCUT2D eigenvalue weighted by Crippen LogP contribution is 2.32. The summed E-state index contributed by atoms with van der Waals surface area (Å²) in [6.45, 7) is 4.15. The lowest BCUT2D eigenvalue weighted by atomic mass is 9.92. The molecule has 1 atom stereocenters. The molecule has 3 aliphatic rings. The van der Waals surface area contributed by atoms with E-state index in [4.69, 9.17) is 23.8 Å². The van der Waals surface area contributed by atoms with Crippen LogP contribution in [0, 0.1) is 18.3 Å². The summed E-state index contributed by atoms with van der Waals surface area (Å²) >= 11 is 8.02. The zero-order valence-electron chi connectivity index (χ0n) is 25.0. The highest BCUT2D eigenvalue weighted by Gasteiger charge is 2.35. The number of terminal acetylenes is 1. The third-order valence-electron chi connectivity index (χ3n) is 9.04. The Morgan fingerprint density at radius 1 is 1.09 bits per heavy atom. The monoisotopic (exact) mass is 645 g/mol. The topological polar surface area (TPSA) is 115 Å². The van der Waals surface area contributed by atoms with Crippen LogP contribution in [-0.4, -0.2) is 82.8 Å². The second-order valence-corrected chi connectivity index (χ2v) is 13.1. The lowest BCUT2D eigenvalue weighted by Gasteiger charge is -2.40. The Kier molecular flexibility index (Phi) is 9.14. The van der Waals surface area contributed by atoms with Crippen molar-refractivity contribution in [1.82, 2.24) is 19.7 Å². The van der Waals surface area contributed by atoms with Crippen molar-refractivity contribution in [2.24, 2.45) is 5.92 Å². The van der Waals surface area contributed by atoms with Crippen LogP contribution < -0.4 is 16.0 Å². The highest BCUT2D eigenvalue weighted by atomic mass is 35.5. The molecule has 10 nitrogen and oxygen atoms in total. The third-order valence-corrected chi connectivity index (χ3v) is 10.3. The van der Waals surface area contributed by atoms with Crippen LogP contribution in [0.4, 0.5) is 21.9 Å². The van der Waals surface area contributed by atoms with Gasteiger partial charge in [0.1, 0.15) is 0 Å². The van der Waals surface area contributed by atoms with Crippen LogP contribution in [0.5, 0.6) is 0 Å². The van der Waals surface area contributed by atoms with Crippen molar-refractivity contribution in [3.8, 4) is 12.3 Å². The normalized spacial score (nSPS) is 17.8. The van der Waals surface area contributed by atoms with Gasteiger partial charge in [-0.3, -0.25) is 14.6 Å². The summed E-state index contributed by atoms with van der Waals surface area (Å²) in [5.74, 6) is 1.87. The zero-order chi connectivity index (χ0) is 31.5. The van der Waals surface area contributed by atoms with Gasteiger partial charge in [-0.25, -0.2) is 4.79 Å². The number of piperazine rings is 1. The summed E-state index contributed by atoms with van der Waals surface area (Å²) in [5, 5.41) is 5.30. The van der Waals surface area contributed by atoms with Crippen molar-refractivity contribution in [2.45, 2.75) is 38.3 Å². The van der Waals surface area contributed by atoms with Crippen molar-refractivity contribution in [3.63, 3.8) is 0 Å². The Balaban J connectivity index is 1.12. The molecule has 0 bridgehead atoms. The fourth-order valence-electron chi connectivity index (χ4n) is 6.49. The third kappa shape index (κ3) is 6.72. The van der Waals surface area contributed by atoms with Crippen molar-refractivity contribution >= 4 is 57.8 Å². The van der Waals surface area contributed by atoms with E-state index in [1.807, 2.05) is 38.3 Å². The second kappa shape index (κ2) is 13.4. The van der Waals surface area contributed by atoms with Gasteiger partial charge in [0.2, 0.25) is 11.8 Å². The molecule has 4 amide bonds. The summed E-state index contributed by atoms with van der Waals surface area (Å²) in [4.78, 5) is 53.6. The molecule has 1 aromatic carbocycles. The van der Waals surface area contributed by atoms with E-state index in [0.29, 0.717) is 81.3 Å². The summed E-state index contributed by atoms with van der Waals surface area (Å²) in [7, 11) is 0. The molecule has 3 aliphatic heterocycles. The molecule has 5 heterocycles. The first-order valence-electron chi connectivity index (χ1n) is 15.2. The van der Waals surface area contributed by atoms with Gasteiger partial charge in [-0.05, 0) is 60.5 Å². The summed E-state index contributed by atoms with van der Waals surface area (Å²) < 4.78 is 0. The average Bonchev–Trinajstić information content (AvgIpc) is 3.53. The number of carbonyl (C=O) groups is 3. The number of rotatable bonds is 7. The molecule has 0 unspecified atom stereocenters. The number of carbonyl (C=O) groups excluding carboxylic acids is 3. The lowest BCUT2D eigenvalue weighted by molar-refractivity contribution is -0.142. The Morgan fingerprint density at radius 3 is 2.53 bits per heavy atom. The van der Waals surface area contributed by atoms with E-state index in [1.165, 1.54) is 0 Å². The number of piperidine rings is 1. The van der Waals surface area contributed by atoms with Gasteiger partial charge in [-0.1, -0.05) is 17.5 Å². The maximum Gasteiger partial charge on any atom is 0.322 e. The molecule has 6 rings (SSSR count). The number of likely N-dealkylation sites (tertiary alicyclic amines) is 1. The fraction of sp³-hybridized carbons (Fsp3) is 0.394.